The molecule has 0 saturated carbocycles. The van der Waals surface area contributed by atoms with Gasteiger partial charge in [-0.2, -0.15) is 0 Å². The van der Waals surface area contributed by atoms with E-state index in [9.17, 15) is 24.6 Å². The SMILES string of the molecule is CN1C(=O)C(=Cc2ccc(C(=O)N3CC(O)CC3C(=O)O)cc2)SC1=S. The normalized spacial score (nSPS) is 24.6. The summed E-state index contributed by atoms with van der Waals surface area (Å²) in [6.07, 6.45) is 0.879. The highest BCUT2D eigenvalue weighted by atomic mass is 32.2. The van der Waals surface area contributed by atoms with E-state index in [0.717, 1.165) is 5.56 Å². The first-order chi connectivity index (χ1) is 12.3. The Kier molecular flexibility index (Phi) is 5.12. The molecule has 2 N–H and O–H groups in total. The van der Waals surface area contributed by atoms with Gasteiger partial charge in [0.05, 0.1) is 11.0 Å². The highest BCUT2D eigenvalue weighted by molar-refractivity contribution is 8.26. The molecule has 26 heavy (non-hydrogen) atoms. The average molecular weight is 392 g/mol. The lowest BCUT2D eigenvalue weighted by atomic mass is 10.1. The number of benzene rings is 1. The number of hydrogen-bond acceptors (Lipinski definition) is 6. The molecule has 0 spiro atoms. The van der Waals surface area contributed by atoms with E-state index < -0.39 is 24.0 Å². The average Bonchev–Trinajstić information content (AvgIpc) is 3.11. The van der Waals surface area contributed by atoms with Crippen molar-refractivity contribution < 1.29 is 24.6 Å². The molecule has 0 aliphatic carbocycles. The fourth-order valence-electron chi connectivity index (χ4n) is 2.86. The van der Waals surface area contributed by atoms with Gasteiger partial charge >= 0.3 is 5.97 Å². The van der Waals surface area contributed by atoms with E-state index in [0.29, 0.717) is 14.8 Å². The van der Waals surface area contributed by atoms with Crippen LogP contribution in [0.2, 0.25) is 0 Å². The second kappa shape index (κ2) is 7.18. The van der Waals surface area contributed by atoms with Crippen molar-refractivity contribution in [2.45, 2.75) is 18.6 Å². The highest BCUT2D eigenvalue weighted by Gasteiger charge is 2.39. The Hall–Kier alpha value is -2.23. The molecule has 2 aliphatic heterocycles. The van der Waals surface area contributed by atoms with Gasteiger partial charge in [0.15, 0.2) is 0 Å². The van der Waals surface area contributed by atoms with Gasteiger partial charge in [-0.1, -0.05) is 36.1 Å². The Bertz CT molecular complexity index is 821. The van der Waals surface area contributed by atoms with Crippen LogP contribution >= 0.6 is 24.0 Å². The van der Waals surface area contributed by atoms with Crippen LogP contribution in [0.15, 0.2) is 29.2 Å². The maximum atomic E-state index is 12.6. The van der Waals surface area contributed by atoms with Crippen LogP contribution in [0.4, 0.5) is 0 Å². The molecule has 2 unspecified atom stereocenters. The quantitative estimate of drug-likeness (QED) is 0.589. The van der Waals surface area contributed by atoms with Crippen molar-refractivity contribution in [2.75, 3.05) is 13.6 Å². The summed E-state index contributed by atoms with van der Waals surface area (Å²) >= 11 is 6.29. The number of aliphatic hydroxyl groups is 1. The lowest BCUT2D eigenvalue weighted by Crippen LogP contribution is -2.40. The maximum absolute atomic E-state index is 12.6. The Labute approximate surface area is 159 Å². The minimum atomic E-state index is -1.13. The monoisotopic (exact) mass is 392 g/mol. The topological polar surface area (TPSA) is 98.2 Å². The zero-order valence-electron chi connectivity index (χ0n) is 13.8. The van der Waals surface area contributed by atoms with Crippen molar-refractivity contribution in [1.82, 2.24) is 9.80 Å². The molecule has 136 valence electrons. The summed E-state index contributed by atoms with van der Waals surface area (Å²) in [6, 6.07) is 5.48. The van der Waals surface area contributed by atoms with Crippen LogP contribution in [-0.4, -0.2) is 67.9 Å². The summed E-state index contributed by atoms with van der Waals surface area (Å²) in [5.74, 6) is -1.75. The summed E-state index contributed by atoms with van der Waals surface area (Å²) in [4.78, 5) is 38.9. The molecule has 2 saturated heterocycles. The number of aliphatic carboxylic acids is 1. The number of thiocarbonyl (C=S) groups is 1. The third-order valence-corrected chi connectivity index (χ3v) is 5.75. The van der Waals surface area contributed by atoms with Gasteiger partial charge in [0, 0.05) is 25.6 Å². The van der Waals surface area contributed by atoms with Gasteiger partial charge in [-0.15, -0.1) is 0 Å². The number of likely N-dealkylation sites (tertiary alicyclic amines) is 1. The number of nitrogens with zero attached hydrogens (tertiary/aromatic N) is 2. The lowest BCUT2D eigenvalue weighted by molar-refractivity contribution is -0.141. The first-order valence-corrected chi connectivity index (χ1v) is 9.04. The molecular weight excluding hydrogens is 376 g/mol. The lowest BCUT2D eigenvalue weighted by Gasteiger charge is -2.21. The Morgan fingerprint density at radius 2 is 1.96 bits per heavy atom. The first-order valence-electron chi connectivity index (χ1n) is 7.81. The van der Waals surface area contributed by atoms with Gasteiger partial charge in [0.2, 0.25) is 0 Å². The number of carboxylic acids is 1. The van der Waals surface area contributed by atoms with Crippen molar-refractivity contribution >= 4 is 52.2 Å². The Morgan fingerprint density at radius 3 is 2.50 bits per heavy atom. The van der Waals surface area contributed by atoms with Crippen LogP contribution in [0.25, 0.3) is 6.08 Å². The number of hydrogen-bond donors (Lipinski definition) is 2. The number of carbonyl (C=O) groups is 3. The van der Waals surface area contributed by atoms with Crippen LogP contribution in [0.5, 0.6) is 0 Å². The van der Waals surface area contributed by atoms with Crippen LogP contribution < -0.4 is 0 Å². The summed E-state index contributed by atoms with van der Waals surface area (Å²) in [6.45, 7) is -0.00345. The number of thioether (sulfide) groups is 1. The maximum Gasteiger partial charge on any atom is 0.326 e. The van der Waals surface area contributed by atoms with Gasteiger partial charge in [-0.25, -0.2) is 4.79 Å². The number of carboxylic acid groups (broad SMARTS) is 1. The molecule has 9 heteroatoms. The summed E-state index contributed by atoms with van der Waals surface area (Å²) < 4.78 is 0.486. The summed E-state index contributed by atoms with van der Waals surface area (Å²) in [5.41, 5.74) is 1.05. The molecule has 2 heterocycles. The van der Waals surface area contributed by atoms with E-state index in [1.54, 1.807) is 37.4 Å². The second-order valence-electron chi connectivity index (χ2n) is 6.06. The number of likely N-dealkylation sites (N-methyl/N-ethyl adjacent to an activating group) is 1. The van der Waals surface area contributed by atoms with E-state index in [1.807, 2.05) is 0 Å². The first kappa shape index (κ1) is 18.6. The van der Waals surface area contributed by atoms with E-state index >= 15 is 0 Å². The number of β-amino-alcohol motifs (C(OH)–C–C–N with tert-alkyl or cyclic N) is 1. The van der Waals surface area contributed by atoms with Crippen molar-refractivity contribution in [2.24, 2.45) is 0 Å². The van der Waals surface area contributed by atoms with Crippen LogP contribution in [0.3, 0.4) is 0 Å². The van der Waals surface area contributed by atoms with E-state index in [-0.39, 0.29) is 18.9 Å². The van der Waals surface area contributed by atoms with E-state index in [1.165, 1.54) is 21.6 Å². The number of rotatable bonds is 3. The molecule has 1 aromatic carbocycles. The standard InChI is InChI=1S/C17H16N2O5S2/c1-18-15(22)13(26-17(18)25)6-9-2-4-10(5-3-9)14(21)19-8-11(20)7-12(19)16(23)24/h2-6,11-12,20H,7-8H2,1H3,(H,23,24). The van der Waals surface area contributed by atoms with Crippen LogP contribution in [-0.2, 0) is 9.59 Å². The molecule has 2 atom stereocenters. The minimum Gasteiger partial charge on any atom is -0.480 e. The van der Waals surface area contributed by atoms with Crippen molar-refractivity contribution in [3.63, 3.8) is 0 Å². The molecule has 2 amide bonds. The summed E-state index contributed by atoms with van der Waals surface area (Å²) in [7, 11) is 1.61. The molecule has 3 rings (SSSR count). The number of carbonyl (C=O) groups excluding carboxylic acids is 2. The van der Waals surface area contributed by atoms with Gasteiger partial charge in [-0.05, 0) is 23.8 Å². The minimum absolute atomic E-state index is 0.00345. The fourth-order valence-corrected chi connectivity index (χ4v) is 4.04. The molecule has 0 aromatic heterocycles. The van der Waals surface area contributed by atoms with E-state index in [2.05, 4.69) is 0 Å². The molecular formula is C17H16N2O5S2. The van der Waals surface area contributed by atoms with Gasteiger partial charge < -0.3 is 15.1 Å². The van der Waals surface area contributed by atoms with Gasteiger partial charge in [0.1, 0.15) is 10.4 Å². The Morgan fingerprint density at radius 1 is 1.31 bits per heavy atom. The van der Waals surface area contributed by atoms with Crippen molar-refractivity contribution in [3.05, 3.63) is 40.3 Å². The van der Waals surface area contributed by atoms with Crippen LogP contribution in [0, 0.1) is 0 Å². The smallest absolute Gasteiger partial charge is 0.326 e. The molecule has 7 nitrogen and oxygen atoms in total. The van der Waals surface area contributed by atoms with Crippen molar-refractivity contribution in [1.29, 1.82) is 0 Å². The van der Waals surface area contributed by atoms with Crippen molar-refractivity contribution in [3.8, 4) is 0 Å². The second-order valence-corrected chi connectivity index (χ2v) is 7.74. The molecule has 2 aliphatic rings. The van der Waals surface area contributed by atoms with Gasteiger partial charge in [0.25, 0.3) is 11.8 Å². The molecule has 1 aromatic rings. The number of amides is 2. The summed E-state index contributed by atoms with van der Waals surface area (Å²) in [5, 5.41) is 18.9. The molecule has 2 fully saturated rings. The largest absolute Gasteiger partial charge is 0.480 e. The van der Waals surface area contributed by atoms with E-state index in [4.69, 9.17) is 12.2 Å². The van der Waals surface area contributed by atoms with Crippen LogP contribution in [0.1, 0.15) is 22.3 Å². The zero-order valence-corrected chi connectivity index (χ0v) is 15.4. The molecule has 0 radical (unpaired) electrons. The Balaban J connectivity index is 1.78. The zero-order chi connectivity index (χ0) is 19.0. The predicted octanol–water partition coefficient (Wildman–Crippen LogP) is 1.18. The van der Waals surface area contributed by atoms with Gasteiger partial charge in [-0.3, -0.25) is 14.5 Å². The predicted molar refractivity (Wildman–Crippen MR) is 100 cm³/mol. The third-order valence-electron chi connectivity index (χ3n) is 4.27. The third kappa shape index (κ3) is 3.50. The highest BCUT2D eigenvalue weighted by Crippen LogP contribution is 2.31. The molecule has 0 bridgehead atoms. The fraction of sp³-hybridized carbons (Fsp3) is 0.294. The number of aliphatic hydroxyl groups excluding tert-OH is 1.